The van der Waals surface area contributed by atoms with Gasteiger partial charge in [0.2, 0.25) is 23.6 Å². The van der Waals surface area contributed by atoms with E-state index in [1.165, 1.54) is 33.6 Å². The molecule has 1 aromatic heterocycles. The maximum Gasteiger partial charge on any atom is 0.242 e. The van der Waals surface area contributed by atoms with Crippen LogP contribution in [0.3, 0.4) is 0 Å². The van der Waals surface area contributed by atoms with Gasteiger partial charge in [-0.05, 0) is 26.7 Å². The molecule has 37 heavy (non-hydrogen) atoms. The first kappa shape index (κ1) is 32.0. The molecule has 0 fully saturated rings. The summed E-state index contributed by atoms with van der Waals surface area (Å²) in [6.07, 6.45) is 6.47. The number of carbonyl (C=O) groups excluding carboxylic acids is 4. The van der Waals surface area contributed by atoms with Crippen molar-refractivity contribution in [3.8, 4) is 0 Å². The van der Waals surface area contributed by atoms with E-state index in [0.29, 0.717) is 32.9 Å². The number of rotatable bonds is 20. The van der Waals surface area contributed by atoms with Crippen molar-refractivity contribution >= 4 is 23.6 Å². The molecule has 0 saturated carbocycles. The molecule has 0 aliphatic carbocycles. The summed E-state index contributed by atoms with van der Waals surface area (Å²) in [6, 6.07) is -1.60. The summed E-state index contributed by atoms with van der Waals surface area (Å²) in [5.41, 5.74) is 0.997. The van der Waals surface area contributed by atoms with Crippen LogP contribution < -0.4 is 21.3 Å². The van der Waals surface area contributed by atoms with E-state index in [9.17, 15) is 19.2 Å². The van der Waals surface area contributed by atoms with Crippen molar-refractivity contribution < 1.29 is 28.7 Å². The van der Waals surface area contributed by atoms with Gasteiger partial charge in [-0.1, -0.05) is 25.0 Å². The van der Waals surface area contributed by atoms with Crippen molar-refractivity contribution in [3.05, 3.63) is 11.9 Å². The topological polar surface area (TPSA) is 166 Å². The van der Waals surface area contributed by atoms with Crippen LogP contribution in [0.4, 0.5) is 0 Å². The highest BCUT2D eigenvalue weighted by Crippen LogP contribution is 2.02. The Balaban J connectivity index is 2.07. The Morgan fingerprint density at radius 2 is 1.59 bits per heavy atom. The first-order valence-electron chi connectivity index (χ1n) is 12.9. The van der Waals surface area contributed by atoms with Gasteiger partial charge >= 0.3 is 0 Å². The standard InChI is InChI=1S/C24H43N7O6/c1-5-6-7-8-21-17-31(30-29-21)12-14-37-16-15-36-13-9-22(33)27-19(3)24(35)28-18(2)23(34)26-11-10-25-20(4)32/h17-19H,5-16H2,1-4H3,(H,25,32)(H,26,34)(H,27,33)(H,28,35). The van der Waals surface area contributed by atoms with Crippen molar-refractivity contribution in [1.29, 1.82) is 0 Å². The van der Waals surface area contributed by atoms with Gasteiger partial charge in [0.15, 0.2) is 0 Å². The van der Waals surface area contributed by atoms with Gasteiger partial charge in [-0.3, -0.25) is 19.2 Å². The zero-order chi connectivity index (χ0) is 27.5. The van der Waals surface area contributed by atoms with E-state index in [1.54, 1.807) is 4.68 Å². The van der Waals surface area contributed by atoms with Crippen LogP contribution in [0.2, 0.25) is 0 Å². The summed E-state index contributed by atoms with van der Waals surface area (Å²) in [4.78, 5) is 47.1. The SMILES string of the molecule is CCCCCc1cn(CCOCCOCCC(=O)NC(C)C(=O)NC(C)C(=O)NCCNC(C)=O)nn1. The number of carbonyl (C=O) groups is 4. The number of hydrogen-bond donors (Lipinski definition) is 4. The lowest BCUT2D eigenvalue weighted by Gasteiger charge is -2.18. The number of nitrogens with zero attached hydrogens (tertiary/aromatic N) is 3. The van der Waals surface area contributed by atoms with E-state index in [-0.39, 0.29) is 37.3 Å². The average Bonchev–Trinajstić information content (AvgIpc) is 3.30. The molecule has 0 aliphatic heterocycles. The Morgan fingerprint density at radius 1 is 0.919 bits per heavy atom. The number of ether oxygens (including phenoxy) is 2. The van der Waals surface area contributed by atoms with E-state index < -0.39 is 18.0 Å². The van der Waals surface area contributed by atoms with Crippen LogP contribution in [0.1, 0.15) is 59.1 Å². The fourth-order valence-electron chi connectivity index (χ4n) is 3.12. The fourth-order valence-corrected chi connectivity index (χ4v) is 3.12. The lowest BCUT2D eigenvalue weighted by Crippen LogP contribution is -2.52. The van der Waals surface area contributed by atoms with Crippen molar-refractivity contribution in [1.82, 2.24) is 36.3 Å². The second-order valence-corrected chi connectivity index (χ2v) is 8.70. The molecule has 4 N–H and O–H groups in total. The van der Waals surface area contributed by atoms with Gasteiger partial charge in [0, 0.05) is 32.6 Å². The Morgan fingerprint density at radius 3 is 2.30 bits per heavy atom. The van der Waals surface area contributed by atoms with Gasteiger partial charge < -0.3 is 30.7 Å². The zero-order valence-electron chi connectivity index (χ0n) is 22.5. The molecule has 13 nitrogen and oxygen atoms in total. The highest BCUT2D eigenvalue weighted by Gasteiger charge is 2.20. The quantitative estimate of drug-likeness (QED) is 0.168. The molecule has 0 aliphatic rings. The minimum Gasteiger partial charge on any atom is -0.379 e. The van der Waals surface area contributed by atoms with Crippen LogP contribution in [0.25, 0.3) is 0 Å². The summed E-state index contributed by atoms with van der Waals surface area (Å²) < 4.78 is 12.7. The predicted molar refractivity (Wildman–Crippen MR) is 136 cm³/mol. The number of aryl methyl sites for hydroxylation is 1. The molecule has 4 amide bonds. The summed E-state index contributed by atoms with van der Waals surface area (Å²) in [7, 11) is 0. The third kappa shape index (κ3) is 15.6. The molecule has 0 bridgehead atoms. The van der Waals surface area contributed by atoms with Crippen LogP contribution in [0.15, 0.2) is 6.20 Å². The number of amides is 4. The maximum absolute atomic E-state index is 12.2. The Bertz CT molecular complexity index is 832. The minimum absolute atomic E-state index is 0.0938. The van der Waals surface area contributed by atoms with Crippen LogP contribution in [0, 0.1) is 0 Å². The molecular formula is C24H43N7O6. The van der Waals surface area contributed by atoms with E-state index >= 15 is 0 Å². The van der Waals surface area contributed by atoms with Crippen LogP contribution in [0.5, 0.6) is 0 Å². The summed E-state index contributed by atoms with van der Waals surface area (Å²) >= 11 is 0. The third-order valence-corrected chi connectivity index (χ3v) is 5.25. The summed E-state index contributed by atoms with van der Waals surface area (Å²) in [5, 5.41) is 18.5. The molecule has 2 atom stereocenters. The van der Waals surface area contributed by atoms with Crippen LogP contribution in [-0.4, -0.2) is 90.2 Å². The van der Waals surface area contributed by atoms with Crippen LogP contribution in [-0.2, 0) is 41.6 Å². The Labute approximate surface area is 218 Å². The van der Waals surface area contributed by atoms with Crippen molar-refractivity contribution in [2.24, 2.45) is 0 Å². The molecule has 210 valence electrons. The smallest absolute Gasteiger partial charge is 0.242 e. The molecule has 1 heterocycles. The third-order valence-electron chi connectivity index (χ3n) is 5.25. The molecule has 0 spiro atoms. The monoisotopic (exact) mass is 525 g/mol. The summed E-state index contributed by atoms with van der Waals surface area (Å²) in [6.45, 7) is 9.20. The maximum atomic E-state index is 12.2. The summed E-state index contributed by atoms with van der Waals surface area (Å²) in [5.74, 6) is -1.39. The predicted octanol–water partition coefficient (Wildman–Crippen LogP) is -0.304. The number of unbranched alkanes of at least 4 members (excludes halogenated alkanes) is 2. The number of nitrogens with one attached hydrogen (secondary N) is 4. The normalized spacial score (nSPS) is 12.4. The van der Waals surface area contributed by atoms with Gasteiger partial charge in [0.25, 0.3) is 0 Å². The molecule has 1 rings (SSSR count). The van der Waals surface area contributed by atoms with E-state index in [4.69, 9.17) is 9.47 Å². The van der Waals surface area contributed by atoms with Gasteiger partial charge in [-0.15, -0.1) is 5.10 Å². The van der Waals surface area contributed by atoms with Gasteiger partial charge in [0.1, 0.15) is 12.1 Å². The highest BCUT2D eigenvalue weighted by atomic mass is 16.5. The Hall–Kier alpha value is -3.06. The first-order chi connectivity index (χ1) is 17.7. The molecule has 2 unspecified atom stereocenters. The molecule has 0 aromatic carbocycles. The van der Waals surface area contributed by atoms with Crippen molar-refractivity contribution in [2.75, 3.05) is 39.5 Å². The lowest BCUT2D eigenvalue weighted by molar-refractivity contribution is -0.131. The molecule has 0 radical (unpaired) electrons. The first-order valence-corrected chi connectivity index (χ1v) is 12.9. The largest absolute Gasteiger partial charge is 0.379 e. The van der Waals surface area contributed by atoms with E-state index in [1.807, 2.05) is 6.20 Å². The minimum atomic E-state index is -0.811. The van der Waals surface area contributed by atoms with E-state index in [0.717, 1.165) is 18.5 Å². The second kappa shape index (κ2) is 19.1. The van der Waals surface area contributed by atoms with Crippen molar-refractivity contribution in [2.45, 2.75) is 78.4 Å². The van der Waals surface area contributed by atoms with Crippen LogP contribution >= 0.6 is 0 Å². The molecular weight excluding hydrogens is 482 g/mol. The fraction of sp³-hybridized carbons (Fsp3) is 0.750. The van der Waals surface area contributed by atoms with E-state index in [2.05, 4.69) is 38.5 Å². The molecule has 0 saturated heterocycles. The van der Waals surface area contributed by atoms with Crippen molar-refractivity contribution in [3.63, 3.8) is 0 Å². The van der Waals surface area contributed by atoms with Gasteiger partial charge in [-0.25, -0.2) is 4.68 Å². The van der Waals surface area contributed by atoms with Gasteiger partial charge in [-0.2, -0.15) is 0 Å². The molecule has 13 heteroatoms. The number of aromatic nitrogens is 3. The Kier molecular flexibility index (Phi) is 16.5. The second-order valence-electron chi connectivity index (χ2n) is 8.70. The zero-order valence-corrected chi connectivity index (χ0v) is 22.5. The molecule has 1 aromatic rings. The highest BCUT2D eigenvalue weighted by molar-refractivity contribution is 5.91. The lowest BCUT2D eigenvalue weighted by atomic mass is 10.2. The number of hydrogen-bond acceptors (Lipinski definition) is 8. The van der Waals surface area contributed by atoms with Gasteiger partial charge in [0.05, 0.1) is 38.7 Å². The average molecular weight is 526 g/mol.